The van der Waals surface area contributed by atoms with Gasteiger partial charge >= 0.3 is 5.97 Å². The zero-order chi connectivity index (χ0) is 26.5. The Hall–Kier alpha value is -1.77. The topological polar surface area (TPSA) is 86.1 Å². The summed E-state index contributed by atoms with van der Waals surface area (Å²) in [6.07, 6.45) is 4.54. The van der Waals surface area contributed by atoms with Gasteiger partial charge in [0.25, 0.3) is 0 Å². The minimum Gasteiger partial charge on any atom is -0.484 e. The molecule has 0 bridgehead atoms. The molecular weight excluding hydrogens is 537 g/mol. The minimum atomic E-state index is -0.801. The maximum Gasteiger partial charge on any atom is 0.309 e. The fourth-order valence-corrected chi connectivity index (χ4v) is 6.69. The fraction of sp³-hybridized carbons (Fsp3) is 0.556. The van der Waals surface area contributed by atoms with Gasteiger partial charge in [-0.2, -0.15) is 0 Å². The van der Waals surface area contributed by atoms with Crippen LogP contribution in [0.2, 0.25) is 15.1 Å². The zero-order valence-corrected chi connectivity index (χ0v) is 23.2. The number of nitrogens with zero attached hydrogens (tertiary/aromatic N) is 3. The average Bonchev–Trinajstić information content (AvgIpc) is 2.81. The van der Waals surface area contributed by atoms with E-state index in [-0.39, 0.29) is 18.1 Å². The van der Waals surface area contributed by atoms with Crippen LogP contribution < -0.4 is 9.64 Å². The molecular formula is C27H32Cl3N3O4. The second-order valence-corrected chi connectivity index (χ2v) is 12.4. The van der Waals surface area contributed by atoms with E-state index in [2.05, 4.69) is 9.88 Å². The molecule has 0 unspecified atom stereocenters. The predicted octanol–water partition coefficient (Wildman–Crippen LogP) is 5.70. The van der Waals surface area contributed by atoms with Gasteiger partial charge < -0.3 is 19.8 Å². The number of aliphatic carboxylic acids is 1. The van der Waals surface area contributed by atoms with Gasteiger partial charge in [0.05, 0.1) is 24.7 Å². The highest BCUT2D eigenvalue weighted by Gasteiger charge is 2.53. The summed E-state index contributed by atoms with van der Waals surface area (Å²) in [6, 6.07) is 7.38. The number of carbonyl (C=O) groups is 1. The standard InChI is InChI=1S/C27H32Cl3N3O4/c1-16(20-6-5-18(28)8-21(20)29)37-23-9-24(31-12-22(23)30)33-14-27(36,15-33)17-4-3-7-32(13-17)19-10-26(2,11-19)25(34)35/h5-6,8-9,12,16-17,19,36H,3-4,7,10-11,13-15H2,1-2H3,(H,34,35)/t16-,17+,19?,26?/m1/s1. The van der Waals surface area contributed by atoms with Crippen molar-refractivity contribution in [2.45, 2.75) is 57.3 Å². The maximum atomic E-state index is 11.5. The van der Waals surface area contributed by atoms with E-state index in [1.165, 1.54) is 0 Å². The van der Waals surface area contributed by atoms with Crippen molar-refractivity contribution in [3.8, 4) is 5.75 Å². The van der Waals surface area contributed by atoms with Gasteiger partial charge in [-0.25, -0.2) is 4.98 Å². The molecule has 1 aromatic heterocycles. The Morgan fingerprint density at radius 1 is 1.19 bits per heavy atom. The summed E-state index contributed by atoms with van der Waals surface area (Å²) in [6.45, 7) is 6.44. The van der Waals surface area contributed by atoms with E-state index in [9.17, 15) is 15.0 Å². The monoisotopic (exact) mass is 567 g/mol. The maximum absolute atomic E-state index is 11.5. The van der Waals surface area contributed by atoms with Crippen molar-refractivity contribution in [3.63, 3.8) is 0 Å². The van der Waals surface area contributed by atoms with E-state index in [1.807, 2.05) is 24.8 Å². The van der Waals surface area contributed by atoms with Gasteiger partial charge in [-0.05, 0) is 58.2 Å². The molecule has 0 amide bonds. The van der Waals surface area contributed by atoms with Crippen LogP contribution >= 0.6 is 34.8 Å². The van der Waals surface area contributed by atoms with Crippen LogP contribution in [0.1, 0.15) is 51.2 Å². The number of rotatable bonds is 7. The normalized spacial score (nSPS) is 28.2. The summed E-state index contributed by atoms with van der Waals surface area (Å²) in [4.78, 5) is 20.4. The molecule has 2 aromatic rings. The van der Waals surface area contributed by atoms with Gasteiger partial charge in [-0.15, -0.1) is 0 Å². The van der Waals surface area contributed by atoms with E-state index in [4.69, 9.17) is 39.5 Å². The van der Waals surface area contributed by atoms with Gasteiger partial charge in [0.15, 0.2) is 0 Å². The lowest BCUT2D eigenvalue weighted by molar-refractivity contribution is -0.159. The molecule has 200 valence electrons. The molecule has 1 aliphatic carbocycles. The highest BCUT2D eigenvalue weighted by molar-refractivity contribution is 6.35. The van der Waals surface area contributed by atoms with Crippen molar-refractivity contribution < 1.29 is 19.7 Å². The first-order chi connectivity index (χ1) is 17.5. The van der Waals surface area contributed by atoms with Crippen LogP contribution in [0.15, 0.2) is 30.5 Å². The molecule has 3 fully saturated rings. The number of anilines is 1. The van der Waals surface area contributed by atoms with Crippen LogP contribution in [-0.4, -0.2) is 63.9 Å². The summed E-state index contributed by atoms with van der Waals surface area (Å²) in [5, 5.41) is 22.4. The van der Waals surface area contributed by atoms with Crippen LogP contribution in [-0.2, 0) is 4.79 Å². The number of ether oxygens (including phenoxy) is 1. The third-order valence-electron chi connectivity index (χ3n) is 8.38. The smallest absolute Gasteiger partial charge is 0.309 e. The lowest BCUT2D eigenvalue weighted by Gasteiger charge is -2.56. The van der Waals surface area contributed by atoms with E-state index >= 15 is 0 Å². The molecule has 2 saturated heterocycles. The Bertz CT molecular complexity index is 1180. The second kappa shape index (κ2) is 10.1. The molecule has 2 atom stereocenters. The number of pyridine rings is 1. The number of benzene rings is 1. The Morgan fingerprint density at radius 2 is 1.92 bits per heavy atom. The molecule has 1 aromatic carbocycles. The molecule has 0 spiro atoms. The number of aromatic nitrogens is 1. The number of piperidine rings is 1. The Labute approximate surface area is 232 Å². The average molecular weight is 569 g/mol. The summed E-state index contributed by atoms with van der Waals surface area (Å²) in [5.41, 5.74) is -0.612. The molecule has 2 N–H and O–H groups in total. The largest absolute Gasteiger partial charge is 0.484 e. The summed E-state index contributed by atoms with van der Waals surface area (Å²) in [5.74, 6) is 0.623. The van der Waals surface area contributed by atoms with Crippen LogP contribution in [0.25, 0.3) is 0 Å². The van der Waals surface area contributed by atoms with E-state index in [0.29, 0.717) is 52.6 Å². The minimum absolute atomic E-state index is 0.143. The van der Waals surface area contributed by atoms with Crippen LogP contribution in [0.5, 0.6) is 5.75 Å². The molecule has 2 aliphatic heterocycles. The fourth-order valence-electron chi connectivity index (χ4n) is 5.98. The first-order valence-corrected chi connectivity index (χ1v) is 13.8. The first kappa shape index (κ1) is 26.8. The predicted molar refractivity (Wildman–Crippen MR) is 145 cm³/mol. The van der Waals surface area contributed by atoms with Crippen molar-refractivity contribution in [2.24, 2.45) is 11.3 Å². The quantitative estimate of drug-likeness (QED) is 0.443. The lowest BCUT2D eigenvalue weighted by Crippen LogP contribution is -2.69. The highest BCUT2D eigenvalue weighted by atomic mass is 35.5. The summed E-state index contributed by atoms with van der Waals surface area (Å²) < 4.78 is 6.14. The Kier molecular flexibility index (Phi) is 7.31. The van der Waals surface area contributed by atoms with Crippen molar-refractivity contribution in [1.29, 1.82) is 0 Å². The Morgan fingerprint density at radius 3 is 2.59 bits per heavy atom. The third-order valence-corrected chi connectivity index (χ3v) is 9.23. The van der Waals surface area contributed by atoms with E-state index in [0.717, 1.165) is 31.5 Å². The van der Waals surface area contributed by atoms with E-state index < -0.39 is 17.0 Å². The van der Waals surface area contributed by atoms with Gasteiger partial charge in [0, 0.05) is 40.2 Å². The van der Waals surface area contributed by atoms with E-state index in [1.54, 1.807) is 24.4 Å². The molecule has 10 heteroatoms. The molecule has 5 rings (SSSR count). The second-order valence-electron chi connectivity index (χ2n) is 11.1. The number of halogens is 3. The first-order valence-electron chi connectivity index (χ1n) is 12.7. The number of β-amino-alcohol motifs (C(OH)–C–C–N with tert-alkyl or cyclic N) is 1. The number of carboxylic acids is 1. The number of carboxylic acid groups (broad SMARTS) is 1. The lowest BCUT2D eigenvalue weighted by atomic mass is 9.65. The van der Waals surface area contributed by atoms with Gasteiger partial charge in [0.2, 0.25) is 0 Å². The zero-order valence-electron chi connectivity index (χ0n) is 21.0. The van der Waals surface area contributed by atoms with Crippen LogP contribution in [0.3, 0.4) is 0 Å². The van der Waals surface area contributed by atoms with Crippen LogP contribution in [0, 0.1) is 11.3 Å². The molecule has 7 nitrogen and oxygen atoms in total. The third kappa shape index (κ3) is 5.26. The molecule has 37 heavy (non-hydrogen) atoms. The SMILES string of the molecule is C[C@@H](Oc1cc(N2CC(O)([C@H]3CCCN(C4CC(C)(C(=O)O)C4)C3)C2)ncc1Cl)c1ccc(Cl)cc1Cl. The van der Waals surface area contributed by atoms with Crippen LogP contribution in [0.4, 0.5) is 5.82 Å². The number of hydrogen-bond acceptors (Lipinski definition) is 6. The number of aliphatic hydroxyl groups is 1. The van der Waals surface area contributed by atoms with Gasteiger partial charge in [-0.1, -0.05) is 40.9 Å². The molecule has 1 saturated carbocycles. The van der Waals surface area contributed by atoms with Gasteiger partial charge in [0.1, 0.15) is 28.3 Å². The summed E-state index contributed by atoms with van der Waals surface area (Å²) >= 11 is 18.7. The van der Waals surface area contributed by atoms with Crippen molar-refractivity contribution >= 4 is 46.6 Å². The van der Waals surface area contributed by atoms with Gasteiger partial charge in [-0.3, -0.25) is 9.69 Å². The number of hydrogen-bond donors (Lipinski definition) is 2. The van der Waals surface area contributed by atoms with Crippen molar-refractivity contribution in [3.05, 3.63) is 51.1 Å². The van der Waals surface area contributed by atoms with Crippen molar-refractivity contribution in [1.82, 2.24) is 9.88 Å². The summed E-state index contributed by atoms with van der Waals surface area (Å²) in [7, 11) is 0. The Balaban J connectivity index is 1.21. The highest BCUT2D eigenvalue weighted by Crippen LogP contribution is 2.46. The number of likely N-dealkylation sites (tertiary alicyclic amines) is 1. The van der Waals surface area contributed by atoms with Crippen molar-refractivity contribution in [2.75, 3.05) is 31.1 Å². The molecule has 0 radical (unpaired) electrons. The molecule has 3 aliphatic rings. The molecule has 3 heterocycles.